The fourth-order valence-corrected chi connectivity index (χ4v) is 3.47. The van der Waals surface area contributed by atoms with Crippen molar-refractivity contribution in [2.45, 2.75) is 53.4 Å². The van der Waals surface area contributed by atoms with Gasteiger partial charge in [0.25, 0.3) is 0 Å². The van der Waals surface area contributed by atoms with Crippen molar-refractivity contribution in [1.29, 1.82) is 0 Å². The summed E-state index contributed by atoms with van der Waals surface area (Å²) in [5, 5.41) is 1.85. The van der Waals surface area contributed by atoms with Crippen molar-refractivity contribution in [3.63, 3.8) is 0 Å². The summed E-state index contributed by atoms with van der Waals surface area (Å²) < 4.78 is 0. The van der Waals surface area contributed by atoms with Crippen LogP contribution in [0.1, 0.15) is 53.7 Å². The Labute approximate surface area is 146 Å². The standard InChI is InChI=1S/C18H26N2.CH3.Pd/c1-16(2,3)18(17(4,5)6)10-12-20-15(13-18)14-9-7-8-11-19-14;;/h7-12H,13H2,1-6H3;1H3;. The van der Waals surface area contributed by atoms with Crippen molar-refractivity contribution in [3.8, 4) is 0 Å². The number of allylic oxidation sites excluding steroid dienone is 1. The number of aliphatic imine (C=N–C) groups is 1. The third-order valence-corrected chi connectivity index (χ3v) is 4.67. The molecule has 2 rings (SSSR count). The van der Waals surface area contributed by atoms with E-state index in [4.69, 9.17) is 0 Å². The maximum atomic E-state index is 4.60. The van der Waals surface area contributed by atoms with Gasteiger partial charge in [0.15, 0.2) is 0 Å². The first-order chi connectivity index (χ1) is 10.2. The topological polar surface area (TPSA) is 25.2 Å². The van der Waals surface area contributed by atoms with E-state index in [0.717, 1.165) is 17.8 Å². The van der Waals surface area contributed by atoms with Gasteiger partial charge in [-0.15, -0.1) is 0 Å². The van der Waals surface area contributed by atoms with Crippen LogP contribution >= 0.6 is 0 Å². The summed E-state index contributed by atoms with van der Waals surface area (Å²) in [7, 11) is 0. The summed E-state index contributed by atoms with van der Waals surface area (Å²) in [6, 6.07) is 6.02. The van der Waals surface area contributed by atoms with Crippen LogP contribution in [-0.2, 0) is 19.2 Å². The Morgan fingerprint density at radius 2 is 1.59 bits per heavy atom. The molecule has 1 aliphatic heterocycles. The average molecular weight is 392 g/mol. The number of hydrogen-bond donors (Lipinski definition) is 0. The van der Waals surface area contributed by atoms with Crippen molar-refractivity contribution in [2.75, 3.05) is 0 Å². The van der Waals surface area contributed by atoms with Crippen LogP contribution in [0.25, 0.3) is 0 Å². The molecule has 0 saturated heterocycles. The Bertz CT molecular complexity index is 517. The first-order valence-electron chi connectivity index (χ1n) is 7.65. The van der Waals surface area contributed by atoms with Gasteiger partial charge >= 0.3 is 24.6 Å². The van der Waals surface area contributed by atoms with Crippen LogP contribution in [0.2, 0.25) is 5.40 Å². The molecule has 1 aromatic heterocycles. The summed E-state index contributed by atoms with van der Waals surface area (Å²) in [5.74, 6) is 0. The van der Waals surface area contributed by atoms with E-state index in [0.29, 0.717) is 0 Å². The van der Waals surface area contributed by atoms with Crippen molar-refractivity contribution < 1.29 is 19.2 Å². The number of hydrogen-bond acceptors (Lipinski definition) is 2. The van der Waals surface area contributed by atoms with E-state index in [2.05, 4.69) is 76.8 Å². The van der Waals surface area contributed by atoms with Crippen molar-refractivity contribution in [1.82, 2.24) is 4.98 Å². The Morgan fingerprint density at radius 3 is 2.05 bits per heavy atom. The zero-order chi connectivity index (χ0) is 17.0. The van der Waals surface area contributed by atoms with E-state index >= 15 is 0 Å². The fourth-order valence-electron chi connectivity index (χ4n) is 3.47. The van der Waals surface area contributed by atoms with Gasteiger partial charge < -0.3 is 0 Å². The Balaban J connectivity index is 0.00000116. The molecule has 0 spiro atoms. The Kier molecular flexibility index (Phi) is 6.30. The van der Waals surface area contributed by atoms with Gasteiger partial charge in [-0.3, -0.25) is 9.98 Å². The number of nitrogens with zero attached hydrogens (tertiary/aromatic N) is 2. The van der Waals surface area contributed by atoms with Gasteiger partial charge in [-0.25, -0.2) is 0 Å². The molecular formula is C19H29N2Pd. The summed E-state index contributed by atoms with van der Waals surface area (Å²) in [6.07, 6.45) is 7.06. The van der Waals surface area contributed by atoms with E-state index in [-0.39, 0.29) is 16.2 Å². The molecule has 0 aromatic carbocycles. The fraction of sp³-hybridized carbons (Fsp3) is 0.579. The molecule has 1 aliphatic rings. The third-order valence-electron chi connectivity index (χ3n) is 4.67. The van der Waals surface area contributed by atoms with Crippen molar-refractivity contribution in [3.05, 3.63) is 42.4 Å². The molecule has 0 amide bonds. The number of aromatic nitrogens is 1. The van der Waals surface area contributed by atoms with Gasteiger partial charge in [-0.1, -0.05) is 53.7 Å². The molecule has 0 bridgehead atoms. The van der Waals surface area contributed by atoms with Crippen molar-refractivity contribution in [2.24, 2.45) is 21.2 Å². The van der Waals surface area contributed by atoms with Crippen LogP contribution in [0.15, 0.2) is 41.7 Å². The molecule has 0 unspecified atom stereocenters. The van der Waals surface area contributed by atoms with Gasteiger partial charge in [-0.2, -0.15) is 0 Å². The van der Waals surface area contributed by atoms with E-state index < -0.39 is 0 Å². The molecule has 0 N–H and O–H groups in total. The Morgan fingerprint density at radius 1 is 1.00 bits per heavy atom. The van der Waals surface area contributed by atoms with Crippen LogP contribution < -0.4 is 0 Å². The van der Waals surface area contributed by atoms with Crippen LogP contribution in [0, 0.1) is 16.2 Å². The monoisotopic (exact) mass is 391 g/mol. The quantitative estimate of drug-likeness (QED) is 0.584. The predicted octanol–water partition coefficient (Wildman–Crippen LogP) is 5.45. The SMILES string of the molecule is CC(C)(C)C1(C(C)(C)C)C=CN=C(c2ccccn2)C1.[CH3][Pd]. The van der Waals surface area contributed by atoms with Crippen LogP contribution in [0.3, 0.4) is 0 Å². The number of rotatable bonds is 1. The zero-order valence-corrected chi connectivity index (χ0v) is 16.4. The van der Waals surface area contributed by atoms with Gasteiger partial charge in [0.05, 0.1) is 11.4 Å². The van der Waals surface area contributed by atoms with E-state index in [1.165, 1.54) is 0 Å². The summed E-state index contributed by atoms with van der Waals surface area (Å²) in [5.41, 5.74) is 2.50. The zero-order valence-electron chi connectivity index (χ0n) is 14.9. The van der Waals surface area contributed by atoms with Crippen LogP contribution in [0.5, 0.6) is 0 Å². The first-order valence-corrected chi connectivity index (χ1v) is 9.20. The van der Waals surface area contributed by atoms with E-state index in [1.54, 1.807) is 0 Å². The average Bonchev–Trinajstić information content (AvgIpc) is 2.48. The molecule has 2 heterocycles. The molecule has 3 heteroatoms. The third kappa shape index (κ3) is 3.76. The van der Waals surface area contributed by atoms with Gasteiger partial charge in [0.2, 0.25) is 0 Å². The second kappa shape index (κ2) is 7.20. The van der Waals surface area contributed by atoms with Gasteiger partial charge in [0.1, 0.15) is 0 Å². The molecule has 0 aliphatic carbocycles. The van der Waals surface area contributed by atoms with Crippen LogP contribution in [-0.4, -0.2) is 10.7 Å². The normalized spacial score (nSPS) is 17.4. The second-order valence-corrected chi connectivity index (χ2v) is 7.75. The molecule has 0 saturated carbocycles. The number of pyridine rings is 1. The molecule has 0 atom stereocenters. The van der Waals surface area contributed by atoms with Gasteiger partial charge in [0, 0.05) is 24.2 Å². The molecule has 22 heavy (non-hydrogen) atoms. The molecule has 2 nitrogen and oxygen atoms in total. The second-order valence-electron chi connectivity index (χ2n) is 7.75. The summed E-state index contributed by atoms with van der Waals surface area (Å²) in [6.45, 7) is 13.9. The summed E-state index contributed by atoms with van der Waals surface area (Å²) in [4.78, 5) is 9.06. The Hall–Kier alpha value is -0.778. The molecule has 0 fully saturated rings. The molecule has 125 valence electrons. The molecule has 0 radical (unpaired) electrons. The minimum absolute atomic E-state index is 0.0780. The van der Waals surface area contributed by atoms with Crippen LogP contribution in [0.4, 0.5) is 0 Å². The van der Waals surface area contributed by atoms with Crippen molar-refractivity contribution >= 4 is 5.71 Å². The minimum atomic E-state index is 0.0780. The molecule has 1 aromatic rings. The van der Waals surface area contributed by atoms with Gasteiger partial charge in [-0.05, 0) is 23.0 Å². The summed E-state index contributed by atoms with van der Waals surface area (Å²) >= 11 is 2.75. The maximum absolute atomic E-state index is 4.60. The van der Waals surface area contributed by atoms with E-state index in [1.807, 2.05) is 36.0 Å². The predicted molar refractivity (Wildman–Crippen MR) is 91.7 cm³/mol. The first kappa shape index (κ1) is 19.3. The molecular weight excluding hydrogens is 363 g/mol. The van der Waals surface area contributed by atoms with E-state index in [9.17, 15) is 0 Å².